The minimum atomic E-state index is 0. The molecule has 0 bridgehead atoms. The quantitative estimate of drug-likeness (QED) is 0.271. The van der Waals surface area contributed by atoms with Gasteiger partial charge in [0.25, 0.3) is 0 Å². The van der Waals surface area contributed by atoms with Crippen molar-refractivity contribution in [1.82, 2.24) is 0 Å². The number of anilines is 1. The van der Waals surface area contributed by atoms with Gasteiger partial charge < -0.3 is 16.6 Å². The van der Waals surface area contributed by atoms with E-state index in [-0.39, 0.29) is 19.8 Å². The molecule has 1 aliphatic carbocycles. The molecule has 22 heavy (non-hydrogen) atoms. The number of nitrogens with zero attached hydrogens (tertiary/aromatic N) is 3. The molecule has 0 saturated carbocycles. The largest absolute Gasteiger partial charge is 1.00 e. The zero-order valence-electron chi connectivity index (χ0n) is 13.1. The molecule has 0 unspecified atom stereocenters. The molecule has 1 aromatic rings. The summed E-state index contributed by atoms with van der Waals surface area (Å²) >= 11 is 5.15. The molecule has 0 saturated heterocycles. The van der Waals surface area contributed by atoms with Crippen molar-refractivity contribution in [2.45, 2.75) is 4.90 Å². The zero-order valence-corrected chi connectivity index (χ0v) is 17.2. The maximum absolute atomic E-state index is 5.15. The van der Waals surface area contributed by atoms with Gasteiger partial charge in [0.15, 0.2) is 5.71 Å². The predicted molar refractivity (Wildman–Crippen MR) is 96.5 cm³/mol. The number of allylic oxidation sites excluding steroid dienone is 4. The molecule has 0 amide bonds. The third-order valence-electron chi connectivity index (χ3n) is 3.17. The van der Waals surface area contributed by atoms with E-state index in [0.717, 1.165) is 27.7 Å². The molecule has 0 atom stereocenters. The van der Waals surface area contributed by atoms with Gasteiger partial charge in [-0.2, -0.15) is 0 Å². The van der Waals surface area contributed by atoms with Crippen LogP contribution in [0.5, 0.6) is 0 Å². The molecule has 0 heterocycles. The maximum atomic E-state index is 5.15. The molecule has 1 aliphatic rings. The van der Waals surface area contributed by atoms with E-state index in [2.05, 4.69) is 38.8 Å². The number of benzene rings is 1. The fraction of sp³-hybridized carbons (Fsp3) is 0.250. The number of hydrogen-bond acceptors (Lipinski definition) is 4. The minimum absolute atomic E-state index is 0. The second kappa shape index (κ2) is 8.72. The first-order valence-corrected chi connectivity index (χ1v) is 8.36. The Labute approximate surface area is 154 Å². The smallest absolute Gasteiger partial charge is 0.714 e. The van der Waals surface area contributed by atoms with E-state index in [1.54, 1.807) is 0 Å². The summed E-state index contributed by atoms with van der Waals surface area (Å²) in [7, 11) is 9.40. The molecular formula is C16H19N3OsS2+. The van der Waals surface area contributed by atoms with Crippen LogP contribution in [0.3, 0.4) is 0 Å². The van der Waals surface area contributed by atoms with Gasteiger partial charge in [-0.3, -0.25) is 10.8 Å². The normalized spacial score (nSPS) is 13.0. The van der Waals surface area contributed by atoms with Crippen molar-refractivity contribution in [3.8, 4) is 0 Å². The zero-order chi connectivity index (χ0) is 15.4. The van der Waals surface area contributed by atoms with Gasteiger partial charge in [0, 0.05) is 36.8 Å². The summed E-state index contributed by atoms with van der Waals surface area (Å²) in [6.45, 7) is 0. The third kappa shape index (κ3) is 4.84. The summed E-state index contributed by atoms with van der Waals surface area (Å²) in [5, 5.41) is 0. The van der Waals surface area contributed by atoms with Crippen LogP contribution in [-0.4, -0.2) is 44.2 Å². The molecule has 0 fully saturated rings. The van der Waals surface area contributed by atoms with Crippen LogP contribution in [0.25, 0.3) is 0 Å². The molecule has 0 aromatic heterocycles. The molecule has 6 heteroatoms. The number of rotatable bonds is 3. The van der Waals surface area contributed by atoms with Crippen LogP contribution >= 0.6 is 10.8 Å². The topological polar surface area (TPSA) is 18.6 Å². The van der Waals surface area contributed by atoms with Gasteiger partial charge in [0.1, 0.15) is 14.1 Å². The number of aliphatic imine (C=N–C) groups is 1. The van der Waals surface area contributed by atoms with Gasteiger partial charge in [-0.05, 0) is 30.4 Å². The van der Waals surface area contributed by atoms with Gasteiger partial charge in [-0.15, -0.1) is 0 Å². The van der Waals surface area contributed by atoms with Crippen molar-refractivity contribution in [3.63, 3.8) is 0 Å². The Balaban J connectivity index is 0.00000242. The van der Waals surface area contributed by atoms with Gasteiger partial charge in [-0.25, -0.2) is 9.57 Å². The van der Waals surface area contributed by atoms with Gasteiger partial charge >= 0.3 is 19.8 Å². The summed E-state index contributed by atoms with van der Waals surface area (Å²) in [6.07, 6.45) is 8.17. The predicted octanol–water partition coefficient (Wildman–Crippen LogP) is 3.22. The summed E-state index contributed by atoms with van der Waals surface area (Å²) in [5.41, 5.74) is 4.14. The SMILES string of the molecule is CN(C)c1ccc(N=C2C=CC(=[N+](C)C)C=C2)c(S[S-])c1.[Os+]. The van der Waals surface area contributed by atoms with E-state index in [1.165, 1.54) is 10.8 Å². The van der Waals surface area contributed by atoms with Crippen molar-refractivity contribution >= 4 is 45.3 Å². The monoisotopic (exact) mass is 509 g/mol. The summed E-state index contributed by atoms with van der Waals surface area (Å²) in [6, 6.07) is 6.15. The first kappa shape index (κ1) is 19.2. The van der Waals surface area contributed by atoms with Crippen LogP contribution < -0.4 is 4.90 Å². The van der Waals surface area contributed by atoms with Crippen LogP contribution in [0.2, 0.25) is 0 Å². The molecule has 2 rings (SSSR count). The molecule has 0 aliphatic heterocycles. The number of hydrogen-bond donors (Lipinski definition) is 0. The van der Waals surface area contributed by atoms with E-state index in [4.69, 9.17) is 11.7 Å². The molecule has 0 spiro atoms. The summed E-state index contributed by atoms with van der Waals surface area (Å²) in [4.78, 5) is 7.76. The van der Waals surface area contributed by atoms with Crippen LogP contribution in [-0.2, 0) is 31.5 Å². The van der Waals surface area contributed by atoms with Crippen molar-refractivity contribution < 1.29 is 24.4 Å². The fourth-order valence-electron chi connectivity index (χ4n) is 1.90. The van der Waals surface area contributed by atoms with Crippen LogP contribution in [0.4, 0.5) is 11.4 Å². The van der Waals surface area contributed by atoms with Crippen molar-refractivity contribution in [1.29, 1.82) is 0 Å². The average Bonchev–Trinajstić information content (AvgIpc) is 2.48. The van der Waals surface area contributed by atoms with Crippen LogP contribution in [0, 0.1) is 0 Å². The Morgan fingerprint density at radius 1 is 1.09 bits per heavy atom. The summed E-state index contributed by atoms with van der Waals surface area (Å²) < 4.78 is 2.07. The molecule has 117 valence electrons. The summed E-state index contributed by atoms with van der Waals surface area (Å²) in [5.74, 6) is 0. The Morgan fingerprint density at radius 2 is 1.73 bits per heavy atom. The molecule has 1 radical (unpaired) electrons. The molecular weight excluding hydrogens is 489 g/mol. The van der Waals surface area contributed by atoms with Gasteiger partial charge in [-0.1, -0.05) is 0 Å². The first-order valence-electron chi connectivity index (χ1n) is 6.61. The Hall–Kier alpha value is -0.824. The standard InChI is InChI=1S/C16H19N3S2.Os/c1-18(2)13-7-5-12(6-8-13)17-15-10-9-14(19(3)4)11-16(15)21-20;/h5-11H,1-4H3;/q;+1. The van der Waals surface area contributed by atoms with Crippen molar-refractivity contribution in [3.05, 3.63) is 42.5 Å². The Morgan fingerprint density at radius 3 is 2.23 bits per heavy atom. The average molecular weight is 508 g/mol. The van der Waals surface area contributed by atoms with Gasteiger partial charge in [0.2, 0.25) is 0 Å². The van der Waals surface area contributed by atoms with E-state index in [0.29, 0.717) is 0 Å². The third-order valence-corrected chi connectivity index (χ3v) is 4.21. The van der Waals surface area contributed by atoms with E-state index in [1.807, 2.05) is 46.4 Å². The van der Waals surface area contributed by atoms with E-state index < -0.39 is 0 Å². The Kier molecular flexibility index (Phi) is 7.62. The Bertz CT molecular complexity index is 639. The van der Waals surface area contributed by atoms with Gasteiger partial charge in [0.05, 0.1) is 11.4 Å². The van der Waals surface area contributed by atoms with Crippen molar-refractivity contribution in [2.75, 3.05) is 33.1 Å². The molecule has 3 nitrogen and oxygen atoms in total. The molecule has 0 N–H and O–H groups in total. The van der Waals surface area contributed by atoms with E-state index >= 15 is 0 Å². The molecule has 1 aromatic carbocycles. The minimum Gasteiger partial charge on any atom is -0.714 e. The van der Waals surface area contributed by atoms with E-state index in [9.17, 15) is 0 Å². The second-order valence-electron chi connectivity index (χ2n) is 5.15. The van der Waals surface area contributed by atoms with Crippen LogP contribution in [0.1, 0.15) is 0 Å². The van der Waals surface area contributed by atoms with Crippen molar-refractivity contribution in [2.24, 2.45) is 4.99 Å². The van der Waals surface area contributed by atoms with Crippen LogP contribution in [0.15, 0.2) is 52.4 Å². The first-order chi connectivity index (χ1) is 10.0. The second-order valence-corrected chi connectivity index (χ2v) is 6.26. The fourth-order valence-corrected chi connectivity index (χ4v) is 2.67. The maximum Gasteiger partial charge on any atom is 1.00 e.